The number of aryl methyl sites for hydroxylation is 1. The van der Waals surface area contributed by atoms with Crippen molar-refractivity contribution in [2.45, 2.75) is 19.4 Å². The van der Waals surface area contributed by atoms with Crippen molar-refractivity contribution >= 4 is 39.9 Å². The predicted octanol–water partition coefficient (Wildman–Crippen LogP) is 6.20. The summed E-state index contributed by atoms with van der Waals surface area (Å²) in [5.41, 5.74) is 2.66. The summed E-state index contributed by atoms with van der Waals surface area (Å²) >= 11 is 6.10. The lowest BCUT2D eigenvalue weighted by molar-refractivity contribution is -0.117. The quantitative estimate of drug-likeness (QED) is 0.318. The van der Waals surface area contributed by atoms with Gasteiger partial charge in [-0.2, -0.15) is 0 Å². The molecule has 0 spiro atoms. The van der Waals surface area contributed by atoms with E-state index in [0.717, 1.165) is 12.0 Å². The second-order valence-corrected chi connectivity index (χ2v) is 9.32. The number of furan rings is 1. The van der Waals surface area contributed by atoms with Gasteiger partial charge >= 0.3 is 0 Å². The van der Waals surface area contributed by atoms with Gasteiger partial charge in [-0.25, -0.2) is 0 Å². The van der Waals surface area contributed by atoms with Gasteiger partial charge in [-0.3, -0.25) is 14.5 Å². The molecule has 0 bridgehead atoms. The van der Waals surface area contributed by atoms with Crippen LogP contribution in [0.2, 0.25) is 5.02 Å². The molecule has 1 unspecified atom stereocenters. The molecule has 186 valence electrons. The summed E-state index contributed by atoms with van der Waals surface area (Å²) in [6, 6.07) is 18.4. The Morgan fingerprint density at radius 2 is 1.76 bits per heavy atom. The molecule has 37 heavy (non-hydrogen) atoms. The molecule has 0 radical (unpaired) electrons. The van der Waals surface area contributed by atoms with Crippen LogP contribution in [0.5, 0.6) is 11.5 Å². The minimum absolute atomic E-state index is 0.00539. The number of carbonyl (C=O) groups is 2. The number of fused-ring (bicyclic) bond motifs is 2. The molecule has 6 rings (SSSR count). The van der Waals surface area contributed by atoms with Crippen molar-refractivity contribution in [1.82, 2.24) is 0 Å². The van der Waals surface area contributed by atoms with Crippen molar-refractivity contribution < 1.29 is 28.6 Å². The van der Waals surface area contributed by atoms with Gasteiger partial charge in [0, 0.05) is 22.2 Å². The number of Topliss-reactive ketones (excluding diaryl/α,β-unsaturated/α-hetero) is 1. The molecule has 1 N–H and O–H groups in total. The second kappa shape index (κ2) is 9.01. The van der Waals surface area contributed by atoms with Crippen molar-refractivity contribution in [3.05, 3.63) is 100.0 Å². The highest BCUT2D eigenvalue weighted by atomic mass is 35.5. The number of aliphatic hydroxyl groups excluding tert-OH is 1. The molecule has 2 aliphatic heterocycles. The van der Waals surface area contributed by atoms with Gasteiger partial charge in [0.1, 0.15) is 18.8 Å². The highest BCUT2D eigenvalue weighted by Gasteiger charge is 2.45. The van der Waals surface area contributed by atoms with E-state index in [1.165, 1.54) is 4.90 Å². The first-order chi connectivity index (χ1) is 17.9. The maximum absolute atomic E-state index is 13.8. The summed E-state index contributed by atoms with van der Waals surface area (Å²) in [4.78, 5) is 28.7. The number of halogens is 1. The van der Waals surface area contributed by atoms with Crippen LogP contribution in [0.4, 0.5) is 5.69 Å². The Hall–Kier alpha value is -4.23. The van der Waals surface area contributed by atoms with E-state index in [-0.39, 0.29) is 11.3 Å². The van der Waals surface area contributed by atoms with E-state index < -0.39 is 23.5 Å². The number of rotatable bonds is 5. The summed E-state index contributed by atoms with van der Waals surface area (Å²) < 4.78 is 17.1. The van der Waals surface area contributed by atoms with E-state index in [0.29, 0.717) is 52.0 Å². The third-order valence-electron chi connectivity index (χ3n) is 6.66. The molecule has 3 aromatic carbocycles. The molecule has 1 aromatic heterocycles. The fourth-order valence-corrected chi connectivity index (χ4v) is 4.98. The van der Waals surface area contributed by atoms with Gasteiger partial charge < -0.3 is 19.0 Å². The topological polar surface area (TPSA) is 89.2 Å². The van der Waals surface area contributed by atoms with Gasteiger partial charge in [-0.1, -0.05) is 42.8 Å². The summed E-state index contributed by atoms with van der Waals surface area (Å²) in [5, 5.41) is 12.2. The molecule has 0 aliphatic carbocycles. The maximum atomic E-state index is 13.8. The number of benzene rings is 3. The minimum Gasteiger partial charge on any atom is -0.503 e. The van der Waals surface area contributed by atoms with E-state index in [1.54, 1.807) is 42.5 Å². The van der Waals surface area contributed by atoms with Crippen LogP contribution in [0.15, 0.2) is 82.5 Å². The van der Waals surface area contributed by atoms with E-state index in [4.69, 9.17) is 25.5 Å². The fraction of sp³-hybridized carbons (Fsp3) is 0.172. The van der Waals surface area contributed by atoms with Crippen LogP contribution in [0.25, 0.3) is 11.0 Å². The lowest BCUT2D eigenvalue weighted by atomic mass is 9.94. The van der Waals surface area contributed by atoms with Crippen LogP contribution in [0.3, 0.4) is 0 Å². The van der Waals surface area contributed by atoms with Gasteiger partial charge in [-0.15, -0.1) is 0 Å². The number of hydrogen-bond donors (Lipinski definition) is 1. The molecule has 0 saturated heterocycles. The van der Waals surface area contributed by atoms with Gasteiger partial charge in [-0.05, 0) is 53.9 Å². The van der Waals surface area contributed by atoms with Gasteiger partial charge in [0.2, 0.25) is 5.78 Å². The first kappa shape index (κ1) is 23.2. The zero-order chi connectivity index (χ0) is 25.7. The molecule has 3 heterocycles. The van der Waals surface area contributed by atoms with E-state index in [1.807, 2.05) is 31.2 Å². The Morgan fingerprint density at radius 3 is 2.51 bits per heavy atom. The van der Waals surface area contributed by atoms with Gasteiger partial charge in [0.25, 0.3) is 5.91 Å². The lowest BCUT2D eigenvalue weighted by Gasteiger charge is -2.28. The standard InChI is InChI=1S/C29H22ClNO6/c1-2-16-3-5-17(6-4-16)26-25(27(32)24-14-18-13-19(30)7-9-21(18)37-24)28(33)29(34)31(26)20-8-10-22-23(15-20)36-12-11-35-22/h3-10,13-15,26,33H,2,11-12H2,1H3. The number of hydrogen-bond acceptors (Lipinski definition) is 6. The summed E-state index contributed by atoms with van der Waals surface area (Å²) in [7, 11) is 0. The number of anilines is 1. The van der Waals surface area contributed by atoms with Crippen LogP contribution in [0.1, 0.15) is 34.6 Å². The minimum atomic E-state index is -0.884. The van der Waals surface area contributed by atoms with Crippen LogP contribution in [0, 0.1) is 0 Å². The molecular formula is C29H22ClNO6. The average Bonchev–Trinajstić information content (AvgIpc) is 3.46. The summed E-state index contributed by atoms with van der Waals surface area (Å²) in [6.07, 6.45) is 0.837. The number of nitrogens with zero attached hydrogens (tertiary/aromatic N) is 1. The Kier molecular flexibility index (Phi) is 5.65. The molecule has 0 saturated carbocycles. The van der Waals surface area contributed by atoms with E-state index in [2.05, 4.69) is 0 Å². The molecule has 8 heteroatoms. The van der Waals surface area contributed by atoms with Crippen molar-refractivity contribution in [1.29, 1.82) is 0 Å². The molecule has 1 amide bonds. The lowest BCUT2D eigenvalue weighted by Crippen LogP contribution is -2.31. The fourth-order valence-electron chi connectivity index (χ4n) is 4.80. The van der Waals surface area contributed by atoms with E-state index >= 15 is 0 Å². The van der Waals surface area contributed by atoms with Crippen LogP contribution in [-0.2, 0) is 11.2 Å². The largest absolute Gasteiger partial charge is 0.503 e. The Labute approximate surface area is 217 Å². The highest BCUT2D eigenvalue weighted by molar-refractivity contribution is 6.31. The summed E-state index contributed by atoms with van der Waals surface area (Å²) in [5.74, 6) is -0.828. The second-order valence-electron chi connectivity index (χ2n) is 8.88. The van der Waals surface area contributed by atoms with Crippen LogP contribution >= 0.6 is 11.6 Å². The molecule has 1 atom stereocenters. The number of carbonyl (C=O) groups excluding carboxylic acids is 2. The van der Waals surface area contributed by atoms with Crippen LogP contribution in [-0.4, -0.2) is 30.0 Å². The average molecular weight is 516 g/mol. The smallest absolute Gasteiger partial charge is 0.294 e. The normalized spacial score (nSPS) is 17.1. The third kappa shape index (κ3) is 3.92. The highest BCUT2D eigenvalue weighted by Crippen LogP contribution is 2.44. The molecule has 0 fully saturated rings. The first-order valence-corrected chi connectivity index (χ1v) is 12.3. The van der Waals surface area contributed by atoms with Crippen molar-refractivity contribution in [2.24, 2.45) is 0 Å². The maximum Gasteiger partial charge on any atom is 0.294 e. The number of amides is 1. The zero-order valence-corrected chi connectivity index (χ0v) is 20.6. The number of ketones is 1. The SMILES string of the molecule is CCc1ccc(C2C(C(=O)c3cc4cc(Cl)ccc4o3)=C(O)C(=O)N2c2ccc3c(c2)OCCO3)cc1. The van der Waals surface area contributed by atoms with E-state index in [9.17, 15) is 14.7 Å². The molecular weight excluding hydrogens is 494 g/mol. The Balaban J connectivity index is 1.48. The summed E-state index contributed by atoms with van der Waals surface area (Å²) in [6.45, 7) is 2.87. The van der Waals surface area contributed by atoms with Gasteiger partial charge in [0.05, 0.1) is 11.6 Å². The van der Waals surface area contributed by atoms with Crippen molar-refractivity contribution in [3.63, 3.8) is 0 Å². The Morgan fingerprint density at radius 1 is 1.00 bits per heavy atom. The molecule has 2 aliphatic rings. The van der Waals surface area contributed by atoms with Crippen LogP contribution < -0.4 is 14.4 Å². The third-order valence-corrected chi connectivity index (χ3v) is 6.90. The molecule has 7 nitrogen and oxygen atoms in total. The zero-order valence-electron chi connectivity index (χ0n) is 19.9. The number of ether oxygens (including phenoxy) is 2. The first-order valence-electron chi connectivity index (χ1n) is 11.9. The predicted molar refractivity (Wildman–Crippen MR) is 139 cm³/mol. The number of aliphatic hydroxyl groups is 1. The Bertz CT molecular complexity index is 1590. The van der Waals surface area contributed by atoms with Crippen molar-refractivity contribution in [2.75, 3.05) is 18.1 Å². The molecule has 4 aromatic rings. The van der Waals surface area contributed by atoms with Crippen molar-refractivity contribution in [3.8, 4) is 11.5 Å². The van der Waals surface area contributed by atoms with Gasteiger partial charge in [0.15, 0.2) is 23.0 Å². The monoisotopic (exact) mass is 515 g/mol.